The molecule has 1 aromatic rings. The van der Waals surface area contributed by atoms with E-state index in [2.05, 4.69) is 5.32 Å². The first-order valence-corrected chi connectivity index (χ1v) is 6.46. The van der Waals surface area contributed by atoms with Gasteiger partial charge >= 0.3 is 6.03 Å². The van der Waals surface area contributed by atoms with E-state index in [1.807, 2.05) is 29.0 Å². The minimum atomic E-state index is -2.32. The Morgan fingerprint density at radius 1 is 1.35 bits per heavy atom. The lowest BCUT2D eigenvalue weighted by Crippen LogP contribution is -2.36. The molecule has 0 saturated heterocycles. The van der Waals surface area contributed by atoms with Crippen LogP contribution in [-0.2, 0) is 17.7 Å². The van der Waals surface area contributed by atoms with Crippen LogP contribution >= 0.6 is 11.6 Å². The average Bonchev–Trinajstić information content (AvgIpc) is 2.26. The Hall–Kier alpha value is -1.11. The van der Waals surface area contributed by atoms with E-state index < -0.39 is 17.3 Å². The molecule has 0 aliphatic carbocycles. The molecule has 0 spiro atoms. The first-order valence-electron chi connectivity index (χ1n) is 4.97. The van der Waals surface area contributed by atoms with Crippen molar-refractivity contribution < 1.29 is 13.6 Å². The van der Waals surface area contributed by atoms with E-state index in [4.69, 9.17) is 16.2 Å². The van der Waals surface area contributed by atoms with Crippen molar-refractivity contribution >= 4 is 28.9 Å². The molecular formula is C10H13ClN2O3S. The molecule has 0 radical (unpaired) electrons. The fraction of sp³-hybridized carbons (Fsp3) is 0.300. The molecule has 0 bridgehead atoms. The van der Waals surface area contributed by atoms with Crippen LogP contribution in [0.2, 0.25) is 5.02 Å². The predicted octanol–water partition coefficient (Wildman–Crippen LogP) is 1.71. The molecule has 1 rings (SSSR count). The maximum Gasteiger partial charge on any atom is 0.328 e. The molecule has 7 heteroatoms. The summed E-state index contributed by atoms with van der Waals surface area (Å²) in [5.41, 5.74) is 1.13. The highest BCUT2D eigenvalue weighted by atomic mass is 35.5. The summed E-state index contributed by atoms with van der Waals surface area (Å²) < 4.78 is 20.4. The van der Waals surface area contributed by atoms with Crippen LogP contribution in [0.15, 0.2) is 24.3 Å². The number of aryl methyl sites for hydroxylation is 1. The topological polar surface area (TPSA) is 78.4 Å². The van der Waals surface area contributed by atoms with Crippen molar-refractivity contribution in [3.8, 4) is 0 Å². The number of nitrogens with one attached hydrogen (secondary N) is 2. The average molecular weight is 277 g/mol. The summed E-state index contributed by atoms with van der Waals surface area (Å²) in [6.07, 6.45) is 1.55. The first-order chi connectivity index (χ1) is 8.08. The lowest BCUT2D eigenvalue weighted by Gasteiger charge is -2.04. The summed E-state index contributed by atoms with van der Waals surface area (Å²) >= 11 is 3.43. The molecule has 0 fully saturated rings. The molecule has 0 aliphatic heterocycles. The number of halogens is 1. The molecule has 17 heavy (non-hydrogen) atoms. The van der Waals surface area contributed by atoms with E-state index >= 15 is 0 Å². The van der Waals surface area contributed by atoms with Crippen LogP contribution in [0.5, 0.6) is 0 Å². The summed E-state index contributed by atoms with van der Waals surface area (Å²) in [5, 5.41) is 3.16. The second kappa shape index (κ2) is 7.26. The van der Waals surface area contributed by atoms with Gasteiger partial charge in [-0.2, -0.15) is 0 Å². The van der Waals surface area contributed by atoms with Gasteiger partial charge in [-0.3, -0.25) is 4.55 Å². The van der Waals surface area contributed by atoms with Crippen molar-refractivity contribution in [1.82, 2.24) is 10.0 Å². The molecule has 0 aromatic heterocycles. The van der Waals surface area contributed by atoms with Crippen LogP contribution in [0.3, 0.4) is 0 Å². The normalized spacial score (nSPS) is 11.9. The van der Waals surface area contributed by atoms with Gasteiger partial charge in [0, 0.05) is 11.6 Å². The van der Waals surface area contributed by atoms with Crippen molar-refractivity contribution in [2.45, 2.75) is 12.8 Å². The second-order valence-electron chi connectivity index (χ2n) is 3.34. The van der Waals surface area contributed by atoms with Crippen LogP contribution in [0.25, 0.3) is 0 Å². The number of urea groups is 1. The van der Waals surface area contributed by atoms with Crippen LogP contribution in [0.4, 0.5) is 4.79 Å². The third kappa shape index (κ3) is 6.25. The Morgan fingerprint density at radius 3 is 2.59 bits per heavy atom. The van der Waals surface area contributed by atoms with Gasteiger partial charge in [0.05, 0.1) is 0 Å². The predicted molar refractivity (Wildman–Crippen MR) is 67.1 cm³/mol. The van der Waals surface area contributed by atoms with E-state index in [0.29, 0.717) is 11.6 Å². The number of hydrogen-bond acceptors (Lipinski definition) is 2. The summed E-state index contributed by atoms with van der Waals surface area (Å²) in [6, 6.07) is 6.82. The Labute approximate surface area is 107 Å². The van der Waals surface area contributed by atoms with Crippen molar-refractivity contribution in [1.29, 1.82) is 0 Å². The lowest BCUT2D eigenvalue weighted by atomic mass is 10.1. The zero-order chi connectivity index (χ0) is 12.7. The van der Waals surface area contributed by atoms with Gasteiger partial charge in [-0.25, -0.2) is 13.7 Å². The molecule has 3 N–H and O–H groups in total. The Bertz CT molecular complexity index is 397. The van der Waals surface area contributed by atoms with E-state index in [9.17, 15) is 9.00 Å². The maximum absolute atomic E-state index is 10.9. The molecule has 1 unspecified atom stereocenters. The number of carbonyl (C=O) groups excluding carboxylic acids is 1. The van der Waals surface area contributed by atoms with Crippen LogP contribution in [0, 0.1) is 0 Å². The van der Waals surface area contributed by atoms with Crippen molar-refractivity contribution in [3.63, 3.8) is 0 Å². The number of rotatable bonds is 5. The zero-order valence-electron chi connectivity index (χ0n) is 8.98. The Morgan fingerprint density at radius 2 is 2.00 bits per heavy atom. The molecule has 0 aliphatic rings. The van der Waals surface area contributed by atoms with Gasteiger partial charge in [0.1, 0.15) is 0 Å². The van der Waals surface area contributed by atoms with Gasteiger partial charge in [0.2, 0.25) is 0 Å². The van der Waals surface area contributed by atoms with Gasteiger partial charge in [0.15, 0.2) is 0 Å². The van der Waals surface area contributed by atoms with E-state index in [1.165, 1.54) is 0 Å². The van der Waals surface area contributed by atoms with Crippen LogP contribution in [0.1, 0.15) is 12.0 Å². The smallest absolute Gasteiger partial charge is 0.328 e. The molecule has 1 atom stereocenters. The third-order valence-corrected chi connectivity index (χ3v) is 2.63. The highest BCUT2D eigenvalue weighted by Crippen LogP contribution is 2.10. The zero-order valence-corrected chi connectivity index (χ0v) is 10.6. The summed E-state index contributed by atoms with van der Waals surface area (Å²) in [7, 11) is 0. The minimum Gasteiger partial charge on any atom is -0.337 e. The number of amides is 2. The lowest BCUT2D eigenvalue weighted by molar-refractivity contribution is 0.245. The number of hydrogen-bond donors (Lipinski definition) is 3. The fourth-order valence-corrected chi connectivity index (χ4v) is 1.62. The number of benzene rings is 1. The highest BCUT2D eigenvalue weighted by molar-refractivity contribution is 7.77. The fourth-order valence-electron chi connectivity index (χ4n) is 1.26. The van der Waals surface area contributed by atoms with E-state index in [0.717, 1.165) is 18.4 Å². The standard InChI is InChI=1S/C10H13ClN2O3S/c11-9-5-3-8(4-6-9)2-1-7-12-10(14)13-17(15)16/h3-6H,1-2,7H2,(H,15,16)(H2,12,13,14). The molecular weight excluding hydrogens is 264 g/mol. The van der Waals surface area contributed by atoms with Gasteiger partial charge in [-0.05, 0) is 30.5 Å². The second-order valence-corrected chi connectivity index (χ2v) is 4.48. The van der Waals surface area contributed by atoms with Crippen LogP contribution in [-0.4, -0.2) is 21.3 Å². The van der Waals surface area contributed by atoms with Gasteiger partial charge < -0.3 is 5.32 Å². The Balaban J connectivity index is 2.18. The molecule has 1 aromatic carbocycles. The molecule has 94 valence electrons. The van der Waals surface area contributed by atoms with Crippen molar-refractivity contribution in [2.24, 2.45) is 0 Å². The summed E-state index contributed by atoms with van der Waals surface area (Å²) in [6.45, 7) is 0.436. The largest absolute Gasteiger partial charge is 0.337 e. The quantitative estimate of drug-likeness (QED) is 0.566. The third-order valence-electron chi connectivity index (χ3n) is 2.02. The van der Waals surface area contributed by atoms with Gasteiger partial charge in [-0.1, -0.05) is 23.7 Å². The van der Waals surface area contributed by atoms with E-state index in [-0.39, 0.29) is 0 Å². The summed E-state index contributed by atoms with van der Waals surface area (Å²) in [4.78, 5) is 10.9. The highest BCUT2D eigenvalue weighted by Gasteiger charge is 2.01. The van der Waals surface area contributed by atoms with Crippen LogP contribution < -0.4 is 10.0 Å². The maximum atomic E-state index is 10.9. The molecule has 5 nitrogen and oxygen atoms in total. The van der Waals surface area contributed by atoms with Crippen molar-refractivity contribution in [3.05, 3.63) is 34.9 Å². The first kappa shape index (κ1) is 14.0. The molecule has 0 saturated carbocycles. The SMILES string of the molecule is O=C(NCCCc1ccc(Cl)cc1)NS(=O)O. The number of carbonyl (C=O) groups is 1. The van der Waals surface area contributed by atoms with E-state index in [1.54, 1.807) is 0 Å². The summed E-state index contributed by atoms with van der Waals surface area (Å²) in [5.74, 6) is 0. The van der Waals surface area contributed by atoms with Gasteiger partial charge in [-0.15, -0.1) is 0 Å². The monoisotopic (exact) mass is 276 g/mol. The minimum absolute atomic E-state index is 0.436. The van der Waals surface area contributed by atoms with Crippen molar-refractivity contribution in [2.75, 3.05) is 6.54 Å². The van der Waals surface area contributed by atoms with Gasteiger partial charge in [0.25, 0.3) is 11.3 Å². The molecule has 2 amide bonds. The molecule has 0 heterocycles. The Kier molecular flexibility index (Phi) is 5.96.